The van der Waals surface area contributed by atoms with Gasteiger partial charge < -0.3 is 19.2 Å². The molecule has 0 fully saturated rings. The van der Waals surface area contributed by atoms with Gasteiger partial charge in [-0.2, -0.15) is 0 Å². The van der Waals surface area contributed by atoms with Crippen molar-refractivity contribution in [2.45, 2.75) is 13.8 Å². The Labute approximate surface area is 158 Å². The average Bonchev–Trinajstić information content (AvgIpc) is 3.21. The Morgan fingerprint density at radius 3 is 2.52 bits per heavy atom. The molecule has 0 aliphatic heterocycles. The van der Waals surface area contributed by atoms with Gasteiger partial charge >= 0.3 is 11.9 Å². The van der Waals surface area contributed by atoms with Crippen molar-refractivity contribution in [3.63, 3.8) is 0 Å². The summed E-state index contributed by atoms with van der Waals surface area (Å²) in [6.45, 7) is 3.53. The summed E-state index contributed by atoms with van der Waals surface area (Å²) < 4.78 is 11.2. The number of amides is 1. The number of ether oxygens (including phenoxy) is 2. The summed E-state index contributed by atoms with van der Waals surface area (Å²) >= 11 is 0.953. The van der Waals surface area contributed by atoms with Crippen LogP contribution in [0.4, 0.5) is 5.00 Å². The van der Waals surface area contributed by atoms with Gasteiger partial charge in [-0.05, 0) is 37.1 Å². The number of methoxy groups -OCH3 is 2. The van der Waals surface area contributed by atoms with Crippen molar-refractivity contribution in [2.24, 2.45) is 0 Å². The monoisotopic (exact) mass is 387 g/mol. The fourth-order valence-corrected chi connectivity index (χ4v) is 3.71. The van der Waals surface area contributed by atoms with Crippen LogP contribution >= 0.6 is 11.3 Å². The first-order valence-electron chi connectivity index (χ1n) is 7.92. The van der Waals surface area contributed by atoms with E-state index in [1.165, 1.54) is 14.2 Å². The third-order valence-electron chi connectivity index (χ3n) is 3.98. The van der Waals surface area contributed by atoms with Crippen LogP contribution in [0.5, 0.6) is 0 Å². The van der Waals surface area contributed by atoms with E-state index in [0.29, 0.717) is 11.2 Å². The Kier molecular flexibility index (Phi) is 4.95. The maximum atomic E-state index is 12.6. The van der Waals surface area contributed by atoms with E-state index >= 15 is 0 Å². The van der Waals surface area contributed by atoms with Crippen LogP contribution in [-0.2, 0) is 9.47 Å². The van der Waals surface area contributed by atoms with Crippen LogP contribution in [0.15, 0.2) is 24.5 Å². The standard InChI is InChI=1S/C18H17N3O5S/c1-9-5-6-21-8-11(19-12(21)7-9)15(22)20-16-13(17(23)25-3)10(2)14(27-16)18(24)26-4/h5-8H,1-4H3,(H,20,22). The van der Waals surface area contributed by atoms with E-state index in [1.54, 1.807) is 23.7 Å². The molecule has 140 valence electrons. The van der Waals surface area contributed by atoms with Gasteiger partial charge in [0.15, 0.2) is 0 Å². The van der Waals surface area contributed by atoms with Gasteiger partial charge in [-0.1, -0.05) is 0 Å². The largest absolute Gasteiger partial charge is 0.465 e. The summed E-state index contributed by atoms with van der Waals surface area (Å²) in [5.74, 6) is -1.75. The predicted molar refractivity (Wildman–Crippen MR) is 99.6 cm³/mol. The number of aromatic nitrogens is 2. The fourth-order valence-electron chi connectivity index (χ4n) is 2.60. The number of imidazole rings is 1. The summed E-state index contributed by atoms with van der Waals surface area (Å²) in [5, 5.41) is 2.86. The summed E-state index contributed by atoms with van der Waals surface area (Å²) in [6, 6.07) is 3.75. The molecule has 0 unspecified atom stereocenters. The molecule has 3 heterocycles. The Bertz CT molecular complexity index is 1070. The van der Waals surface area contributed by atoms with Crippen LogP contribution in [0.1, 0.15) is 41.6 Å². The lowest BCUT2D eigenvalue weighted by atomic mass is 10.1. The number of nitrogens with one attached hydrogen (secondary N) is 1. The first kappa shape index (κ1) is 18.6. The third kappa shape index (κ3) is 3.41. The van der Waals surface area contributed by atoms with Gasteiger partial charge in [-0.25, -0.2) is 14.6 Å². The number of carbonyl (C=O) groups is 3. The predicted octanol–water partition coefficient (Wildman–Crippen LogP) is 2.84. The highest BCUT2D eigenvalue weighted by atomic mass is 32.1. The number of carbonyl (C=O) groups excluding carboxylic acids is 3. The zero-order valence-corrected chi connectivity index (χ0v) is 16.0. The Morgan fingerprint density at radius 2 is 1.85 bits per heavy atom. The lowest BCUT2D eigenvalue weighted by Gasteiger charge is -2.04. The molecule has 0 saturated carbocycles. The minimum atomic E-state index is -0.653. The molecule has 3 rings (SSSR count). The van der Waals surface area contributed by atoms with Crippen molar-refractivity contribution in [1.82, 2.24) is 9.38 Å². The van der Waals surface area contributed by atoms with Crippen LogP contribution in [0.25, 0.3) is 5.65 Å². The second-order valence-electron chi connectivity index (χ2n) is 5.79. The molecule has 0 radical (unpaired) electrons. The van der Waals surface area contributed by atoms with Crippen LogP contribution in [0.2, 0.25) is 0 Å². The average molecular weight is 387 g/mol. The number of thiophene rings is 1. The van der Waals surface area contributed by atoms with E-state index in [-0.39, 0.29) is 21.1 Å². The number of hydrogen-bond donors (Lipinski definition) is 1. The van der Waals surface area contributed by atoms with E-state index in [9.17, 15) is 14.4 Å². The number of esters is 2. The quantitative estimate of drug-likeness (QED) is 0.691. The molecule has 0 bridgehead atoms. The number of pyridine rings is 1. The van der Waals surface area contributed by atoms with Crippen LogP contribution in [-0.4, -0.2) is 41.5 Å². The van der Waals surface area contributed by atoms with Gasteiger partial charge in [0.05, 0.1) is 19.8 Å². The van der Waals surface area contributed by atoms with Crippen LogP contribution in [0.3, 0.4) is 0 Å². The first-order valence-corrected chi connectivity index (χ1v) is 8.74. The molecule has 3 aromatic heterocycles. The molecule has 1 amide bonds. The second kappa shape index (κ2) is 7.20. The summed E-state index contributed by atoms with van der Waals surface area (Å²) in [4.78, 5) is 41.2. The summed E-state index contributed by atoms with van der Waals surface area (Å²) in [5.41, 5.74) is 2.34. The molecular weight excluding hydrogens is 370 g/mol. The van der Waals surface area contributed by atoms with Crippen LogP contribution < -0.4 is 5.32 Å². The van der Waals surface area contributed by atoms with Crippen molar-refractivity contribution >= 4 is 39.8 Å². The molecule has 0 aliphatic rings. The number of anilines is 1. The van der Waals surface area contributed by atoms with E-state index in [1.807, 2.05) is 19.1 Å². The highest BCUT2D eigenvalue weighted by molar-refractivity contribution is 7.18. The van der Waals surface area contributed by atoms with Crippen LogP contribution in [0, 0.1) is 13.8 Å². The molecule has 0 atom stereocenters. The minimum absolute atomic E-state index is 0.121. The second-order valence-corrected chi connectivity index (χ2v) is 6.81. The topological polar surface area (TPSA) is 99.0 Å². The van der Waals surface area contributed by atoms with Gasteiger partial charge in [0.25, 0.3) is 5.91 Å². The highest BCUT2D eigenvalue weighted by Gasteiger charge is 2.27. The van der Waals surface area contributed by atoms with Crippen molar-refractivity contribution < 1.29 is 23.9 Å². The molecule has 27 heavy (non-hydrogen) atoms. The van der Waals surface area contributed by atoms with Gasteiger partial charge in [-0.3, -0.25) is 4.79 Å². The maximum Gasteiger partial charge on any atom is 0.348 e. The Hall–Kier alpha value is -3.20. The van der Waals surface area contributed by atoms with Gasteiger partial charge in [0, 0.05) is 12.4 Å². The summed E-state index contributed by atoms with van der Waals surface area (Å²) in [7, 11) is 2.48. The van der Waals surface area contributed by atoms with Gasteiger partial charge in [0.2, 0.25) is 0 Å². The minimum Gasteiger partial charge on any atom is -0.465 e. The van der Waals surface area contributed by atoms with E-state index in [4.69, 9.17) is 9.47 Å². The van der Waals surface area contributed by atoms with Crippen molar-refractivity contribution in [2.75, 3.05) is 19.5 Å². The fraction of sp³-hybridized carbons (Fsp3) is 0.222. The number of rotatable bonds is 4. The molecule has 0 aliphatic carbocycles. The molecular formula is C18H17N3O5S. The molecule has 1 N–H and O–H groups in total. The Morgan fingerprint density at radius 1 is 1.15 bits per heavy atom. The zero-order valence-electron chi connectivity index (χ0n) is 15.2. The first-order chi connectivity index (χ1) is 12.8. The normalized spacial score (nSPS) is 10.7. The number of nitrogens with zero attached hydrogens (tertiary/aromatic N) is 2. The molecule has 9 heteroatoms. The van der Waals surface area contributed by atoms with Gasteiger partial charge in [0.1, 0.15) is 21.2 Å². The van der Waals surface area contributed by atoms with Gasteiger partial charge in [-0.15, -0.1) is 11.3 Å². The van der Waals surface area contributed by atoms with E-state index in [2.05, 4.69) is 10.3 Å². The lowest BCUT2D eigenvalue weighted by molar-refractivity contribution is 0.0601. The van der Waals surface area contributed by atoms with Crippen molar-refractivity contribution in [3.8, 4) is 0 Å². The smallest absolute Gasteiger partial charge is 0.348 e. The number of aryl methyl sites for hydroxylation is 1. The third-order valence-corrected chi connectivity index (χ3v) is 5.17. The maximum absolute atomic E-state index is 12.6. The molecule has 8 nitrogen and oxygen atoms in total. The molecule has 0 spiro atoms. The van der Waals surface area contributed by atoms with Crippen molar-refractivity contribution in [3.05, 3.63) is 51.8 Å². The molecule has 3 aromatic rings. The number of fused-ring (bicyclic) bond motifs is 1. The van der Waals surface area contributed by atoms with Crippen molar-refractivity contribution in [1.29, 1.82) is 0 Å². The Balaban J connectivity index is 1.98. The zero-order chi connectivity index (χ0) is 19.7. The highest BCUT2D eigenvalue weighted by Crippen LogP contribution is 2.34. The van der Waals surface area contributed by atoms with E-state index < -0.39 is 17.8 Å². The van der Waals surface area contributed by atoms with E-state index in [0.717, 1.165) is 16.9 Å². The summed E-state index contributed by atoms with van der Waals surface area (Å²) in [6.07, 6.45) is 3.39. The lowest BCUT2D eigenvalue weighted by Crippen LogP contribution is -2.14. The molecule has 0 saturated heterocycles. The number of hydrogen-bond acceptors (Lipinski definition) is 7. The molecule has 0 aromatic carbocycles. The SMILES string of the molecule is COC(=O)c1sc(NC(=O)c2cn3ccc(C)cc3n2)c(C(=O)OC)c1C.